The fourth-order valence-electron chi connectivity index (χ4n) is 6.95. The quantitative estimate of drug-likeness (QED) is 0.0262. The van der Waals surface area contributed by atoms with E-state index < -0.39 is 6.10 Å². The molecule has 0 amide bonds. The van der Waals surface area contributed by atoms with Crippen molar-refractivity contribution in [2.24, 2.45) is 0 Å². The Kier molecular flexibility index (Phi) is 48.5. The second kappa shape index (κ2) is 51.2. The van der Waals surface area contributed by atoms with Crippen LogP contribution in [0, 0.1) is 0 Å². The molecule has 0 aromatic carbocycles. The third-order valence-corrected chi connectivity index (χ3v) is 10.9. The van der Waals surface area contributed by atoms with Gasteiger partial charge in [0.2, 0.25) is 0 Å². The van der Waals surface area contributed by atoms with Crippen LogP contribution in [0.5, 0.6) is 0 Å². The lowest BCUT2D eigenvalue weighted by molar-refractivity contribution is -0.167. The molecule has 6 heteroatoms. The van der Waals surface area contributed by atoms with Crippen molar-refractivity contribution in [3.8, 4) is 0 Å². The Labute approximate surface area is 388 Å². The maximum absolute atomic E-state index is 12.8. The minimum atomic E-state index is -0.795. The van der Waals surface area contributed by atoms with E-state index in [2.05, 4.69) is 106 Å². The lowest BCUT2D eigenvalue weighted by Gasteiger charge is -2.18. The van der Waals surface area contributed by atoms with E-state index in [0.717, 1.165) is 103 Å². The van der Waals surface area contributed by atoms with Crippen LogP contribution in [-0.2, 0) is 28.6 Å². The highest BCUT2D eigenvalue weighted by atomic mass is 16.6. The van der Waals surface area contributed by atoms with Gasteiger partial charge in [-0.3, -0.25) is 14.4 Å². The maximum atomic E-state index is 12.8. The molecule has 0 fully saturated rings. The largest absolute Gasteiger partial charge is 0.462 e. The summed E-state index contributed by atoms with van der Waals surface area (Å²) in [5, 5.41) is 0. The molecular formula is C57H96O6. The van der Waals surface area contributed by atoms with E-state index in [9.17, 15) is 14.4 Å². The minimum Gasteiger partial charge on any atom is -0.462 e. The average Bonchev–Trinajstić information content (AvgIpc) is 3.28. The molecule has 0 bridgehead atoms. The van der Waals surface area contributed by atoms with Gasteiger partial charge in [-0.1, -0.05) is 215 Å². The van der Waals surface area contributed by atoms with E-state index in [-0.39, 0.29) is 31.1 Å². The first kappa shape index (κ1) is 59.6. The molecule has 0 saturated heterocycles. The van der Waals surface area contributed by atoms with Crippen LogP contribution in [-0.4, -0.2) is 37.2 Å². The first-order chi connectivity index (χ1) is 31.0. The molecule has 0 aliphatic carbocycles. The van der Waals surface area contributed by atoms with E-state index in [1.165, 1.54) is 96.3 Å². The first-order valence-electron chi connectivity index (χ1n) is 26.1. The number of esters is 3. The van der Waals surface area contributed by atoms with Gasteiger partial charge in [-0.25, -0.2) is 0 Å². The number of ether oxygens (including phenoxy) is 3. The molecule has 0 aliphatic rings. The molecule has 0 rings (SSSR count). The number of hydrogen-bond acceptors (Lipinski definition) is 6. The van der Waals surface area contributed by atoms with Gasteiger partial charge >= 0.3 is 17.9 Å². The van der Waals surface area contributed by atoms with Gasteiger partial charge in [0.25, 0.3) is 0 Å². The summed E-state index contributed by atoms with van der Waals surface area (Å²) < 4.78 is 16.7. The van der Waals surface area contributed by atoms with Crippen LogP contribution < -0.4 is 0 Å². The van der Waals surface area contributed by atoms with Crippen molar-refractivity contribution in [1.29, 1.82) is 0 Å². The smallest absolute Gasteiger partial charge is 0.306 e. The van der Waals surface area contributed by atoms with E-state index in [4.69, 9.17) is 14.2 Å². The topological polar surface area (TPSA) is 78.9 Å². The molecule has 0 N–H and O–H groups in total. The van der Waals surface area contributed by atoms with Crippen LogP contribution in [0.15, 0.2) is 85.1 Å². The molecule has 0 radical (unpaired) electrons. The molecule has 6 nitrogen and oxygen atoms in total. The Morgan fingerprint density at radius 2 is 0.635 bits per heavy atom. The maximum Gasteiger partial charge on any atom is 0.306 e. The molecule has 1 atom stereocenters. The summed E-state index contributed by atoms with van der Waals surface area (Å²) in [5.41, 5.74) is 0. The normalized spacial score (nSPS) is 12.7. The summed E-state index contributed by atoms with van der Waals surface area (Å²) in [7, 11) is 0. The number of allylic oxidation sites excluding steroid dienone is 14. The number of hydrogen-bond donors (Lipinski definition) is 0. The number of carbonyl (C=O) groups is 3. The molecule has 0 aromatic rings. The average molecular weight is 877 g/mol. The molecule has 63 heavy (non-hydrogen) atoms. The molecule has 0 saturated carbocycles. The molecule has 360 valence electrons. The van der Waals surface area contributed by atoms with Crippen LogP contribution >= 0.6 is 0 Å². The second-order valence-electron chi connectivity index (χ2n) is 17.1. The van der Waals surface area contributed by atoms with Crippen molar-refractivity contribution in [2.75, 3.05) is 13.2 Å². The number of unbranched alkanes of at least 4 members (excludes halogenated alkanes) is 21. The Hall–Kier alpha value is -3.41. The van der Waals surface area contributed by atoms with Crippen molar-refractivity contribution in [2.45, 2.75) is 245 Å². The highest BCUT2D eigenvalue weighted by Gasteiger charge is 2.19. The third-order valence-electron chi connectivity index (χ3n) is 10.9. The van der Waals surface area contributed by atoms with E-state index in [0.29, 0.717) is 19.3 Å². The van der Waals surface area contributed by atoms with Crippen molar-refractivity contribution in [1.82, 2.24) is 0 Å². The monoisotopic (exact) mass is 877 g/mol. The first-order valence-corrected chi connectivity index (χ1v) is 26.1. The summed E-state index contributed by atoms with van der Waals surface area (Å²) in [5.74, 6) is -0.947. The summed E-state index contributed by atoms with van der Waals surface area (Å²) >= 11 is 0. The molecule has 0 aliphatic heterocycles. The zero-order chi connectivity index (χ0) is 45.8. The van der Waals surface area contributed by atoms with Crippen LogP contribution in [0.1, 0.15) is 239 Å². The summed E-state index contributed by atoms with van der Waals surface area (Å²) in [6, 6.07) is 0. The van der Waals surface area contributed by atoms with E-state index in [1.807, 2.05) is 0 Å². The number of rotatable bonds is 46. The second-order valence-corrected chi connectivity index (χ2v) is 17.1. The standard InChI is InChI=1S/C57H96O6/c1-4-7-10-13-16-19-22-24-25-26-27-28-29-30-31-33-35-38-41-44-47-50-56(59)62-53-54(52-61-55(58)49-46-43-40-37-34-21-18-15-12-9-6-3)63-57(60)51-48-45-42-39-36-32-23-20-17-14-11-8-5-2/h7,10,15-16,18-19,24-25,27-28,30-31,35,38,54H,4-6,8-9,11-14,17,20-23,26,29,32-34,36-37,39-53H2,1-3H3/b10-7-,18-15-,19-16-,25-24-,28-27-,31-30-,38-35-. The van der Waals surface area contributed by atoms with Gasteiger partial charge in [0.1, 0.15) is 13.2 Å². The van der Waals surface area contributed by atoms with Crippen LogP contribution in [0.2, 0.25) is 0 Å². The summed E-state index contributed by atoms with van der Waals surface area (Å²) in [4.78, 5) is 37.9. The van der Waals surface area contributed by atoms with Gasteiger partial charge in [0, 0.05) is 19.3 Å². The van der Waals surface area contributed by atoms with Crippen molar-refractivity contribution >= 4 is 17.9 Å². The van der Waals surface area contributed by atoms with Gasteiger partial charge in [-0.15, -0.1) is 0 Å². The predicted octanol–water partition coefficient (Wildman–Crippen LogP) is 17.2. The summed E-state index contributed by atoms with van der Waals surface area (Å²) in [6.45, 7) is 6.44. The van der Waals surface area contributed by atoms with Crippen LogP contribution in [0.25, 0.3) is 0 Å². The lowest BCUT2D eigenvalue weighted by atomic mass is 10.0. The zero-order valence-electron chi connectivity index (χ0n) is 41.1. The SMILES string of the molecule is CC/C=C\C/C=C\C/C=C\C/C=C\C/C=C\C/C=C\CCCCC(=O)OCC(COC(=O)CCCCCCC/C=C\CCCC)OC(=O)CCCCCCCCCCCCCCC. The minimum absolute atomic E-state index is 0.0937. The Bertz CT molecular complexity index is 1240. The zero-order valence-corrected chi connectivity index (χ0v) is 41.1. The predicted molar refractivity (Wildman–Crippen MR) is 270 cm³/mol. The van der Waals surface area contributed by atoms with Gasteiger partial charge in [0.15, 0.2) is 6.10 Å². The lowest BCUT2D eigenvalue weighted by Crippen LogP contribution is -2.30. The van der Waals surface area contributed by atoms with Crippen molar-refractivity contribution in [3.05, 3.63) is 85.1 Å². The fourth-order valence-corrected chi connectivity index (χ4v) is 6.95. The Balaban J connectivity index is 4.43. The molecule has 1 unspecified atom stereocenters. The van der Waals surface area contributed by atoms with Crippen molar-refractivity contribution in [3.63, 3.8) is 0 Å². The van der Waals surface area contributed by atoms with Gasteiger partial charge in [0.05, 0.1) is 0 Å². The van der Waals surface area contributed by atoms with Crippen LogP contribution in [0.4, 0.5) is 0 Å². The van der Waals surface area contributed by atoms with Crippen molar-refractivity contribution < 1.29 is 28.6 Å². The highest BCUT2D eigenvalue weighted by molar-refractivity contribution is 5.71. The Morgan fingerprint density at radius 1 is 0.333 bits per heavy atom. The molecular weight excluding hydrogens is 781 g/mol. The van der Waals surface area contributed by atoms with Crippen LogP contribution in [0.3, 0.4) is 0 Å². The molecule has 0 aromatic heterocycles. The fraction of sp³-hybridized carbons (Fsp3) is 0.702. The van der Waals surface area contributed by atoms with E-state index >= 15 is 0 Å². The Morgan fingerprint density at radius 3 is 1.06 bits per heavy atom. The van der Waals surface area contributed by atoms with E-state index in [1.54, 1.807) is 0 Å². The molecule has 0 spiro atoms. The van der Waals surface area contributed by atoms with Gasteiger partial charge in [-0.05, 0) is 89.9 Å². The van der Waals surface area contributed by atoms with Gasteiger partial charge in [-0.2, -0.15) is 0 Å². The molecule has 0 heterocycles. The highest BCUT2D eigenvalue weighted by Crippen LogP contribution is 2.14. The van der Waals surface area contributed by atoms with Gasteiger partial charge < -0.3 is 14.2 Å². The third kappa shape index (κ3) is 49.5. The summed E-state index contributed by atoms with van der Waals surface area (Å²) in [6.07, 6.45) is 65.7. The number of carbonyl (C=O) groups excluding carboxylic acids is 3.